The number of benzene rings is 1. The number of ether oxygens (including phenoxy) is 1. The van der Waals surface area contributed by atoms with E-state index in [0.29, 0.717) is 0 Å². The second-order valence-corrected chi connectivity index (χ2v) is 5.05. The fraction of sp³-hybridized carbons (Fsp3) is 0.467. The molecule has 2 unspecified atom stereocenters. The molecule has 0 saturated carbocycles. The van der Waals surface area contributed by atoms with Crippen LogP contribution in [0.1, 0.15) is 44.0 Å². The van der Waals surface area contributed by atoms with Crippen molar-refractivity contribution in [2.45, 2.75) is 45.8 Å². The molecule has 6 nitrogen and oxygen atoms in total. The number of nitrogens with one attached hydrogen (secondary N) is 1. The summed E-state index contributed by atoms with van der Waals surface area (Å²) in [5.41, 5.74) is 11.5. The van der Waals surface area contributed by atoms with Gasteiger partial charge in [-0.2, -0.15) is 0 Å². The summed E-state index contributed by atoms with van der Waals surface area (Å²) in [7, 11) is 0. The molecule has 1 aromatic rings. The minimum Gasteiger partial charge on any atom is -0.478 e. The monoisotopic (exact) mass is 293 g/mol. The van der Waals surface area contributed by atoms with Gasteiger partial charge in [0, 0.05) is 6.04 Å². The quantitative estimate of drug-likeness (QED) is 0.661. The first-order valence-electron chi connectivity index (χ1n) is 7.02. The van der Waals surface area contributed by atoms with E-state index in [1.165, 1.54) is 6.07 Å². The molecule has 2 atom stereocenters. The molecule has 0 spiro atoms. The molecule has 116 valence electrons. The molecule has 0 heterocycles. The zero-order valence-electron chi connectivity index (χ0n) is 12.7. The Balaban J connectivity index is 2.81. The Bertz CT molecular complexity index is 517. The molecule has 0 aliphatic carbocycles. The topological polar surface area (TPSA) is 107 Å². The molecule has 0 bridgehead atoms. The van der Waals surface area contributed by atoms with Crippen molar-refractivity contribution in [1.82, 2.24) is 5.32 Å². The molecule has 0 aromatic heterocycles. The Kier molecular flexibility index (Phi) is 6.02. The van der Waals surface area contributed by atoms with E-state index in [9.17, 15) is 9.59 Å². The minimum atomic E-state index is -0.771. The van der Waals surface area contributed by atoms with Gasteiger partial charge in [-0.05, 0) is 32.4 Å². The first kappa shape index (κ1) is 16.8. The van der Waals surface area contributed by atoms with Crippen LogP contribution in [0.2, 0.25) is 0 Å². The van der Waals surface area contributed by atoms with Crippen molar-refractivity contribution < 1.29 is 14.3 Å². The van der Waals surface area contributed by atoms with Gasteiger partial charge in [-0.25, -0.2) is 0 Å². The molecule has 5 N–H and O–H groups in total. The van der Waals surface area contributed by atoms with E-state index < -0.39 is 12.0 Å². The van der Waals surface area contributed by atoms with Crippen molar-refractivity contribution in [1.29, 1.82) is 0 Å². The van der Waals surface area contributed by atoms with E-state index >= 15 is 0 Å². The van der Waals surface area contributed by atoms with Crippen LogP contribution in [0.4, 0.5) is 5.69 Å². The number of nitrogen functional groups attached to an aromatic ring is 1. The van der Waals surface area contributed by atoms with Gasteiger partial charge in [-0.3, -0.25) is 9.59 Å². The lowest BCUT2D eigenvalue weighted by molar-refractivity contribution is -0.127. The summed E-state index contributed by atoms with van der Waals surface area (Å²) in [6.45, 7) is 5.58. The Hall–Kier alpha value is -2.24. The van der Waals surface area contributed by atoms with E-state index in [2.05, 4.69) is 5.32 Å². The van der Waals surface area contributed by atoms with E-state index in [4.69, 9.17) is 16.2 Å². The highest BCUT2D eigenvalue weighted by atomic mass is 16.5. The van der Waals surface area contributed by atoms with Crippen LogP contribution in [-0.4, -0.2) is 24.0 Å². The molecular formula is C15H23N3O3. The highest BCUT2D eigenvalue weighted by Gasteiger charge is 2.20. The van der Waals surface area contributed by atoms with Gasteiger partial charge < -0.3 is 21.5 Å². The van der Waals surface area contributed by atoms with Crippen molar-refractivity contribution in [3.05, 3.63) is 23.8 Å². The predicted octanol–water partition coefficient (Wildman–Crippen LogP) is 1.44. The molecular weight excluding hydrogens is 270 g/mol. The maximum Gasteiger partial charge on any atom is 0.260 e. The summed E-state index contributed by atoms with van der Waals surface area (Å²) in [5, 5.41) is 2.85. The number of hydrogen-bond acceptors (Lipinski definition) is 4. The van der Waals surface area contributed by atoms with Gasteiger partial charge in [0.15, 0.2) is 11.9 Å². The zero-order valence-corrected chi connectivity index (χ0v) is 12.7. The third kappa shape index (κ3) is 4.66. The van der Waals surface area contributed by atoms with Crippen LogP contribution >= 0.6 is 0 Å². The third-order valence-electron chi connectivity index (χ3n) is 3.09. The van der Waals surface area contributed by atoms with Crippen molar-refractivity contribution in [3.63, 3.8) is 0 Å². The average molecular weight is 293 g/mol. The Morgan fingerprint density at radius 1 is 1.33 bits per heavy atom. The fourth-order valence-electron chi connectivity index (χ4n) is 1.98. The number of carbonyl (C=O) groups is 2. The smallest absolute Gasteiger partial charge is 0.260 e. The van der Waals surface area contributed by atoms with Crippen LogP contribution in [-0.2, 0) is 4.79 Å². The van der Waals surface area contributed by atoms with Gasteiger partial charge in [0.05, 0.1) is 11.3 Å². The highest BCUT2D eigenvalue weighted by molar-refractivity contribution is 5.97. The minimum absolute atomic E-state index is 0.0669. The number of carbonyl (C=O) groups excluding carboxylic acids is 2. The molecule has 1 rings (SSSR count). The lowest BCUT2D eigenvalue weighted by Gasteiger charge is -2.20. The number of primary amides is 1. The molecule has 0 aliphatic heterocycles. The second-order valence-electron chi connectivity index (χ2n) is 5.05. The molecule has 2 amide bonds. The van der Waals surface area contributed by atoms with Crippen molar-refractivity contribution >= 4 is 17.5 Å². The van der Waals surface area contributed by atoms with Crippen LogP contribution in [0.5, 0.6) is 5.75 Å². The Morgan fingerprint density at radius 3 is 2.57 bits per heavy atom. The SMILES string of the molecule is CCCC(C)NC(=O)C(C)Oc1c(N)cccc1C(N)=O. The van der Waals surface area contributed by atoms with E-state index in [-0.39, 0.29) is 28.9 Å². The number of para-hydroxylation sites is 1. The summed E-state index contributed by atoms with van der Waals surface area (Å²) in [5.74, 6) is -0.755. The standard InChI is InChI=1S/C15H23N3O3/c1-4-6-9(2)18-15(20)10(3)21-13-11(14(17)19)7-5-8-12(13)16/h5,7-10H,4,6,16H2,1-3H3,(H2,17,19)(H,18,20). The van der Waals surface area contributed by atoms with E-state index in [0.717, 1.165) is 12.8 Å². The van der Waals surface area contributed by atoms with Crippen LogP contribution in [0.25, 0.3) is 0 Å². The van der Waals surface area contributed by atoms with Crippen LogP contribution < -0.4 is 21.5 Å². The second kappa shape index (κ2) is 7.52. The van der Waals surface area contributed by atoms with Gasteiger partial charge in [-0.1, -0.05) is 19.4 Å². The number of amides is 2. The molecule has 0 aliphatic rings. The van der Waals surface area contributed by atoms with Gasteiger partial charge in [0.25, 0.3) is 11.8 Å². The Morgan fingerprint density at radius 2 is 2.00 bits per heavy atom. The fourth-order valence-corrected chi connectivity index (χ4v) is 1.98. The number of nitrogens with two attached hydrogens (primary N) is 2. The Labute approximate surface area is 124 Å². The van der Waals surface area contributed by atoms with Crippen molar-refractivity contribution in [3.8, 4) is 5.75 Å². The third-order valence-corrected chi connectivity index (χ3v) is 3.09. The molecule has 0 fully saturated rings. The lowest BCUT2D eigenvalue weighted by Crippen LogP contribution is -2.41. The zero-order chi connectivity index (χ0) is 16.0. The molecule has 1 aromatic carbocycles. The number of hydrogen-bond donors (Lipinski definition) is 3. The first-order chi connectivity index (χ1) is 9.86. The normalized spacial score (nSPS) is 13.3. The largest absolute Gasteiger partial charge is 0.478 e. The molecule has 0 saturated heterocycles. The van der Waals surface area contributed by atoms with Crippen LogP contribution in [0, 0.1) is 0 Å². The van der Waals surface area contributed by atoms with Gasteiger partial charge in [0.1, 0.15) is 0 Å². The summed E-state index contributed by atoms with van der Waals surface area (Å²) >= 11 is 0. The molecule has 0 radical (unpaired) electrons. The lowest BCUT2D eigenvalue weighted by atomic mass is 10.1. The van der Waals surface area contributed by atoms with Gasteiger partial charge in [0.2, 0.25) is 0 Å². The highest BCUT2D eigenvalue weighted by Crippen LogP contribution is 2.27. The van der Waals surface area contributed by atoms with Crippen LogP contribution in [0.3, 0.4) is 0 Å². The predicted molar refractivity (Wildman–Crippen MR) is 82.0 cm³/mol. The van der Waals surface area contributed by atoms with Crippen LogP contribution in [0.15, 0.2) is 18.2 Å². The van der Waals surface area contributed by atoms with Gasteiger partial charge >= 0.3 is 0 Å². The molecule has 21 heavy (non-hydrogen) atoms. The summed E-state index contributed by atoms with van der Waals surface area (Å²) in [4.78, 5) is 23.4. The van der Waals surface area contributed by atoms with Crippen molar-refractivity contribution in [2.24, 2.45) is 5.73 Å². The van der Waals surface area contributed by atoms with Crippen molar-refractivity contribution in [2.75, 3.05) is 5.73 Å². The summed E-state index contributed by atoms with van der Waals surface area (Å²) < 4.78 is 5.54. The van der Waals surface area contributed by atoms with E-state index in [1.807, 2.05) is 13.8 Å². The maximum absolute atomic E-state index is 12.0. The maximum atomic E-state index is 12.0. The van der Waals surface area contributed by atoms with Gasteiger partial charge in [-0.15, -0.1) is 0 Å². The number of anilines is 1. The summed E-state index contributed by atoms with van der Waals surface area (Å²) in [6, 6.07) is 4.78. The van der Waals surface area contributed by atoms with E-state index in [1.54, 1.807) is 19.1 Å². The number of rotatable bonds is 7. The first-order valence-corrected chi connectivity index (χ1v) is 7.02. The average Bonchev–Trinajstić information content (AvgIpc) is 2.40. The molecule has 6 heteroatoms. The summed E-state index contributed by atoms with van der Waals surface area (Å²) in [6.07, 6.45) is 1.10.